The van der Waals surface area contributed by atoms with Gasteiger partial charge in [-0.25, -0.2) is 0 Å². The van der Waals surface area contributed by atoms with E-state index in [-0.39, 0.29) is 22.9 Å². The van der Waals surface area contributed by atoms with Crippen molar-refractivity contribution in [2.45, 2.75) is 58.3 Å². The van der Waals surface area contributed by atoms with Crippen molar-refractivity contribution in [3.8, 4) is 0 Å². The summed E-state index contributed by atoms with van der Waals surface area (Å²) in [7, 11) is 0. The van der Waals surface area contributed by atoms with Gasteiger partial charge in [-0.15, -0.1) is 0 Å². The van der Waals surface area contributed by atoms with E-state index in [0.29, 0.717) is 12.0 Å². The summed E-state index contributed by atoms with van der Waals surface area (Å²) in [5.41, 5.74) is 0.291. The van der Waals surface area contributed by atoms with E-state index < -0.39 is 6.10 Å². The molecule has 0 unspecified atom stereocenters. The van der Waals surface area contributed by atoms with Crippen molar-refractivity contribution in [1.29, 1.82) is 0 Å². The molecule has 0 aromatic rings. The van der Waals surface area contributed by atoms with E-state index in [0.717, 1.165) is 6.42 Å². The molecule has 1 saturated heterocycles. The maximum absolute atomic E-state index is 11.9. The topological polar surface area (TPSA) is 49.8 Å². The molecular weight excluding hydrogens is 228 g/mol. The summed E-state index contributed by atoms with van der Waals surface area (Å²) in [6.45, 7) is 7.98. The maximum atomic E-state index is 11.9. The van der Waals surface area contributed by atoms with Crippen LogP contribution in [-0.2, 0) is 9.53 Å². The van der Waals surface area contributed by atoms with Crippen LogP contribution in [-0.4, -0.2) is 28.7 Å². The number of allylic oxidation sites excluding steroid dienone is 3. The summed E-state index contributed by atoms with van der Waals surface area (Å²) in [4.78, 5) is 11.9. The van der Waals surface area contributed by atoms with Gasteiger partial charge in [0.2, 0.25) is 0 Å². The number of epoxide rings is 1. The van der Waals surface area contributed by atoms with Gasteiger partial charge in [-0.3, -0.25) is 4.79 Å². The molecule has 3 atom stereocenters. The van der Waals surface area contributed by atoms with Crippen LogP contribution in [0.15, 0.2) is 23.8 Å². The SMILES string of the molecule is C/C1=C\[C@@H](O)C[C@@]2(C)O[C@@H]2CC(C)(C)/C=C/C1=O. The monoisotopic (exact) mass is 250 g/mol. The van der Waals surface area contributed by atoms with Gasteiger partial charge in [0.15, 0.2) is 5.78 Å². The molecule has 1 aliphatic heterocycles. The summed E-state index contributed by atoms with van der Waals surface area (Å²) in [5.74, 6) is -0.0243. The van der Waals surface area contributed by atoms with E-state index in [2.05, 4.69) is 13.8 Å². The van der Waals surface area contributed by atoms with Crippen LogP contribution in [0, 0.1) is 5.41 Å². The highest BCUT2D eigenvalue weighted by molar-refractivity contribution is 6.03. The Bertz CT molecular complexity index is 419. The van der Waals surface area contributed by atoms with Gasteiger partial charge < -0.3 is 9.84 Å². The summed E-state index contributed by atoms with van der Waals surface area (Å²) >= 11 is 0. The lowest BCUT2D eigenvalue weighted by molar-refractivity contribution is -0.111. The number of carbonyl (C=O) groups is 1. The molecule has 1 N–H and O–H groups in total. The number of hydrogen-bond acceptors (Lipinski definition) is 3. The minimum Gasteiger partial charge on any atom is -0.389 e. The van der Waals surface area contributed by atoms with Crippen LogP contribution in [0.3, 0.4) is 0 Å². The van der Waals surface area contributed by atoms with Crippen LogP contribution < -0.4 is 0 Å². The molecule has 2 aliphatic rings. The lowest BCUT2D eigenvalue weighted by Gasteiger charge is -2.19. The molecule has 1 aliphatic carbocycles. The van der Waals surface area contributed by atoms with Gasteiger partial charge in [0.25, 0.3) is 0 Å². The zero-order valence-electron chi connectivity index (χ0n) is 11.6. The maximum Gasteiger partial charge on any atom is 0.181 e. The molecule has 1 fully saturated rings. The van der Waals surface area contributed by atoms with Crippen molar-refractivity contribution < 1.29 is 14.6 Å². The third-order valence-corrected chi connectivity index (χ3v) is 3.88. The number of fused-ring (bicyclic) bond motifs is 1. The van der Waals surface area contributed by atoms with Crippen LogP contribution >= 0.6 is 0 Å². The Morgan fingerprint density at radius 2 is 2.00 bits per heavy atom. The van der Waals surface area contributed by atoms with Gasteiger partial charge in [0.05, 0.1) is 17.8 Å². The molecular formula is C15H22O3. The molecule has 0 spiro atoms. The smallest absolute Gasteiger partial charge is 0.181 e. The fraction of sp³-hybridized carbons (Fsp3) is 0.667. The summed E-state index contributed by atoms with van der Waals surface area (Å²) in [6.07, 6.45) is 6.19. The number of carbonyl (C=O) groups excluding carboxylic acids is 1. The molecule has 0 saturated carbocycles. The molecule has 18 heavy (non-hydrogen) atoms. The minimum absolute atomic E-state index is 0.0243. The predicted octanol–water partition coefficient (Wildman–Crippen LogP) is 2.40. The molecule has 0 aromatic heterocycles. The minimum atomic E-state index is -0.612. The molecule has 0 radical (unpaired) electrons. The Morgan fingerprint density at radius 1 is 1.33 bits per heavy atom. The number of rotatable bonds is 0. The fourth-order valence-corrected chi connectivity index (χ4v) is 2.55. The van der Waals surface area contributed by atoms with E-state index >= 15 is 0 Å². The molecule has 0 aromatic carbocycles. The van der Waals surface area contributed by atoms with Crippen LogP contribution in [0.5, 0.6) is 0 Å². The van der Waals surface area contributed by atoms with Gasteiger partial charge >= 0.3 is 0 Å². The largest absolute Gasteiger partial charge is 0.389 e. The second kappa shape index (κ2) is 4.32. The van der Waals surface area contributed by atoms with E-state index in [1.165, 1.54) is 0 Å². The van der Waals surface area contributed by atoms with Gasteiger partial charge in [-0.2, -0.15) is 0 Å². The first-order valence-corrected chi connectivity index (χ1v) is 6.50. The Kier molecular flexibility index (Phi) is 3.24. The Labute approximate surface area is 109 Å². The highest BCUT2D eigenvalue weighted by Gasteiger charge is 2.54. The first-order valence-electron chi connectivity index (χ1n) is 6.50. The number of ether oxygens (including phenoxy) is 1. The molecule has 0 amide bonds. The van der Waals surface area contributed by atoms with Crippen molar-refractivity contribution in [3.63, 3.8) is 0 Å². The lowest BCUT2D eigenvalue weighted by Crippen LogP contribution is -2.21. The van der Waals surface area contributed by atoms with Gasteiger partial charge in [-0.05, 0) is 43.4 Å². The molecule has 3 nitrogen and oxygen atoms in total. The van der Waals surface area contributed by atoms with E-state index in [1.54, 1.807) is 19.1 Å². The third kappa shape index (κ3) is 2.90. The van der Waals surface area contributed by atoms with Gasteiger partial charge in [0, 0.05) is 6.42 Å². The molecule has 1 heterocycles. The molecule has 2 rings (SSSR count). The average molecular weight is 250 g/mol. The number of ketones is 1. The van der Waals surface area contributed by atoms with Crippen LogP contribution in [0.2, 0.25) is 0 Å². The third-order valence-electron chi connectivity index (χ3n) is 3.88. The molecule has 0 bridgehead atoms. The van der Waals surface area contributed by atoms with Crippen molar-refractivity contribution in [3.05, 3.63) is 23.8 Å². The normalized spacial score (nSPS) is 44.3. The van der Waals surface area contributed by atoms with Gasteiger partial charge in [0.1, 0.15) is 0 Å². The van der Waals surface area contributed by atoms with Crippen LogP contribution in [0.4, 0.5) is 0 Å². The molecule has 3 heteroatoms. The van der Waals surface area contributed by atoms with Crippen molar-refractivity contribution >= 4 is 5.78 Å². The fourth-order valence-electron chi connectivity index (χ4n) is 2.55. The van der Waals surface area contributed by atoms with Crippen LogP contribution in [0.25, 0.3) is 0 Å². The van der Waals surface area contributed by atoms with Crippen molar-refractivity contribution in [2.75, 3.05) is 0 Å². The number of hydrogen-bond donors (Lipinski definition) is 1. The summed E-state index contributed by atoms with van der Waals surface area (Å²) in [5, 5.41) is 9.97. The second-order valence-corrected chi connectivity index (χ2v) is 6.43. The Balaban J connectivity index is 2.27. The second-order valence-electron chi connectivity index (χ2n) is 6.43. The first-order chi connectivity index (χ1) is 8.22. The van der Waals surface area contributed by atoms with E-state index in [9.17, 15) is 9.90 Å². The average Bonchev–Trinajstić information content (AvgIpc) is 2.82. The summed E-state index contributed by atoms with van der Waals surface area (Å²) in [6, 6.07) is 0. The van der Waals surface area contributed by atoms with E-state index in [4.69, 9.17) is 4.74 Å². The Morgan fingerprint density at radius 3 is 2.67 bits per heavy atom. The zero-order chi connectivity index (χ0) is 13.6. The molecule has 100 valence electrons. The number of aliphatic hydroxyl groups is 1. The summed E-state index contributed by atoms with van der Waals surface area (Å²) < 4.78 is 5.74. The standard InChI is InChI=1S/C15H22O3/c1-10-7-11(16)8-15(4)13(18-15)9-14(2,3)6-5-12(10)17/h5-7,11,13,16H,8-9H2,1-4H3/b6-5+,10-7+/t11-,13-,15-/m1/s1. The number of aliphatic hydroxyl groups excluding tert-OH is 1. The van der Waals surface area contributed by atoms with Gasteiger partial charge in [-0.1, -0.05) is 19.9 Å². The Hall–Kier alpha value is -0.930. The lowest BCUT2D eigenvalue weighted by atomic mass is 9.83. The van der Waals surface area contributed by atoms with Crippen LogP contribution in [0.1, 0.15) is 40.5 Å². The zero-order valence-corrected chi connectivity index (χ0v) is 11.6. The van der Waals surface area contributed by atoms with Crippen molar-refractivity contribution in [1.82, 2.24) is 0 Å². The quantitative estimate of drug-likeness (QED) is 0.672. The van der Waals surface area contributed by atoms with E-state index in [1.807, 2.05) is 13.0 Å². The highest BCUT2D eigenvalue weighted by Crippen LogP contribution is 2.46. The first kappa shape index (κ1) is 13.5. The highest BCUT2D eigenvalue weighted by atomic mass is 16.6. The van der Waals surface area contributed by atoms with Crippen molar-refractivity contribution in [2.24, 2.45) is 5.41 Å². The predicted molar refractivity (Wildman–Crippen MR) is 70.2 cm³/mol.